The lowest BCUT2D eigenvalue weighted by Gasteiger charge is -2.23. The molecule has 1 heterocycles. The first-order valence-electron chi connectivity index (χ1n) is 8.32. The van der Waals surface area contributed by atoms with Crippen molar-refractivity contribution in [2.75, 3.05) is 6.26 Å². The third-order valence-electron chi connectivity index (χ3n) is 4.01. The number of imide groups is 1. The van der Waals surface area contributed by atoms with Crippen LogP contribution in [-0.4, -0.2) is 41.3 Å². The molecule has 1 aromatic rings. The molecule has 25 heavy (non-hydrogen) atoms. The van der Waals surface area contributed by atoms with Crippen LogP contribution in [0.1, 0.15) is 49.4 Å². The summed E-state index contributed by atoms with van der Waals surface area (Å²) in [7, 11) is 0. The van der Waals surface area contributed by atoms with Crippen molar-refractivity contribution < 1.29 is 19.1 Å². The normalized spacial score (nSPS) is 15.9. The lowest BCUT2D eigenvalue weighted by molar-refractivity contribution is -0.127. The zero-order chi connectivity index (χ0) is 18.2. The van der Waals surface area contributed by atoms with Crippen molar-refractivity contribution in [2.45, 2.75) is 56.2 Å². The minimum absolute atomic E-state index is 0.0962. The molecular formula is C17H23N3O4S. The third kappa shape index (κ3) is 5.74. The number of pyridine rings is 1. The second-order valence-electron chi connectivity index (χ2n) is 5.91. The van der Waals surface area contributed by atoms with Gasteiger partial charge in [-0.25, -0.2) is 14.6 Å². The lowest BCUT2D eigenvalue weighted by Crippen LogP contribution is -2.48. The van der Waals surface area contributed by atoms with Gasteiger partial charge < -0.3 is 10.1 Å². The van der Waals surface area contributed by atoms with E-state index in [1.165, 1.54) is 25.1 Å². The molecule has 1 aliphatic carbocycles. The molecule has 8 heteroatoms. The molecule has 1 unspecified atom stereocenters. The van der Waals surface area contributed by atoms with Crippen molar-refractivity contribution in [1.29, 1.82) is 0 Å². The van der Waals surface area contributed by atoms with Gasteiger partial charge in [0.05, 0.1) is 5.56 Å². The number of thioether (sulfide) groups is 1. The quantitative estimate of drug-likeness (QED) is 0.615. The van der Waals surface area contributed by atoms with Crippen LogP contribution in [0.2, 0.25) is 0 Å². The predicted octanol–water partition coefficient (Wildman–Crippen LogP) is 2.51. The first kappa shape index (κ1) is 19.2. The van der Waals surface area contributed by atoms with Crippen LogP contribution in [0.4, 0.5) is 4.79 Å². The number of esters is 1. The van der Waals surface area contributed by atoms with Crippen LogP contribution in [0.5, 0.6) is 0 Å². The summed E-state index contributed by atoms with van der Waals surface area (Å²) >= 11 is 1.31. The molecule has 0 aromatic carbocycles. The minimum Gasteiger partial charge on any atom is -0.449 e. The number of urea groups is 1. The van der Waals surface area contributed by atoms with E-state index in [0.29, 0.717) is 10.6 Å². The van der Waals surface area contributed by atoms with E-state index in [9.17, 15) is 14.4 Å². The van der Waals surface area contributed by atoms with E-state index in [4.69, 9.17) is 4.74 Å². The number of aromatic nitrogens is 1. The Morgan fingerprint density at radius 3 is 2.68 bits per heavy atom. The Labute approximate surface area is 151 Å². The minimum atomic E-state index is -1.08. The van der Waals surface area contributed by atoms with Crippen LogP contribution in [0.3, 0.4) is 0 Å². The van der Waals surface area contributed by atoms with Gasteiger partial charge in [0.15, 0.2) is 6.10 Å². The fourth-order valence-electron chi connectivity index (χ4n) is 2.67. The number of carbonyl (C=O) groups excluding carboxylic acids is 3. The zero-order valence-electron chi connectivity index (χ0n) is 14.4. The maximum absolute atomic E-state index is 12.2. The summed E-state index contributed by atoms with van der Waals surface area (Å²) in [5, 5.41) is 5.53. The number of amides is 3. The van der Waals surface area contributed by atoms with E-state index in [0.717, 1.165) is 25.7 Å². The number of hydrogen-bond acceptors (Lipinski definition) is 6. The third-order valence-corrected chi connectivity index (χ3v) is 4.73. The van der Waals surface area contributed by atoms with Crippen LogP contribution in [0.25, 0.3) is 0 Å². The van der Waals surface area contributed by atoms with Crippen LogP contribution in [-0.2, 0) is 9.53 Å². The number of carbonyl (C=O) groups is 3. The highest BCUT2D eigenvalue weighted by Gasteiger charge is 2.23. The Morgan fingerprint density at radius 2 is 2.00 bits per heavy atom. The molecule has 3 amide bonds. The highest BCUT2D eigenvalue weighted by Crippen LogP contribution is 2.18. The summed E-state index contributed by atoms with van der Waals surface area (Å²) in [5.74, 6) is -1.30. The van der Waals surface area contributed by atoms with E-state index in [1.807, 2.05) is 0 Å². The maximum Gasteiger partial charge on any atom is 0.341 e. The van der Waals surface area contributed by atoms with Gasteiger partial charge in [-0.15, -0.1) is 11.8 Å². The Balaban J connectivity index is 1.84. The van der Waals surface area contributed by atoms with E-state index < -0.39 is 24.0 Å². The van der Waals surface area contributed by atoms with Crippen LogP contribution in [0, 0.1) is 0 Å². The van der Waals surface area contributed by atoms with Gasteiger partial charge in [0.25, 0.3) is 5.91 Å². The first-order valence-corrected chi connectivity index (χ1v) is 9.55. The first-order chi connectivity index (χ1) is 12.0. The van der Waals surface area contributed by atoms with Crippen molar-refractivity contribution >= 4 is 29.7 Å². The molecule has 1 aliphatic rings. The Morgan fingerprint density at radius 1 is 1.28 bits per heavy atom. The highest BCUT2D eigenvalue weighted by atomic mass is 32.2. The number of nitrogens with zero attached hydrogens (tertiary/aromatic N) is 1. The summed E-state index contributed by atoms with van der Waals surface area (Å²) < 4.78 is 5.15. The molecule has 0 bridgehead atoms. The second kappa shape index (κ2) is 9.41. The smallest absolute Gasteiger partial charge is 0.341 e. The summed E-state index contributed by atoms with van der Waals surface area (Å²) in [6.07, 6.45) is 7.47. The number of hydrogen-bond donors (Lipinski definition) is 2. The Hall–Kier alpha value is -2.09. The number of ether oxygens (including phenoxy) is 1. The second-order valence-corrected chi connectivity index (χ2v) is 6.70. The molecule has 1 saturated carbocycles. The van der Waals surface area contributed by atoms with Crippen molar-refractivity contribution in [3.63, 3.8) is 0 Å². The molecule has 7 nitrogen and oxygen atoms in total. The van der Waals surface area contributed by atoms with Gasteiger partial charge in [-0.1, -0.05) is 19.3 Å². The Kier molecular flexibility index (Phi) is 7.24. The molecule has 136 valence electrons. The summed E-state index contributed by atoms with van der Waals surface area (Å²) in [6.45, 7) is 1.43. The fourth-order valence-corrected chi connectivity index (χ4v) is 3.21. The molecule has 0 saturated heterocycles. The summed E-state index contributed by atoms with van der Waals surface area (Å²) in [5.41, 5.74) is 0.293. The molecule has 1 aromatic heterocycles. The van der Waals surface area contributed by atoms with Crippen LogP contribution in [0.15, 0.2) is 23.4 Å². The van der Waals surface area contributed by atoms with E-state index in [-0.39, 0.29) is 6.04 Å². The van der Waals surface area contributed by atoms with E-state index in [1.54, 1.807) is 24.6 Å². The van der Waals surface area contributed by atoms with Gasteiger partial charge in [0, 0.05) is 12.2 Å². The highest BCUT2D eigenvalue weighted by molar-refractivity contribution is 7.98. The SMILES string of the molecule is CSc1ncccc1C(=O)OC(C)C(=O)NC(=O)NC1CCCCC1. The molecule has 0 radical (unpaired) electrons. The van der Waals surface area contributed by atoms with Crippen LogP contribution >= 0.6 is 11.8 Å². The molecule has 1 atom stereocenters. The van der Waals surface area contributed by atoms with Gasteiger partial charge in [0.2, 0.25) is 0 Å². The average molecular weight is 365 g/mol. The van der Waals surface area contributed by atoms with Crippen molar-refractivity contribution in [3.05, 3.63) is 23.9 Å². The molecule has 0 spiro atoms. The van der Waals surface area contributed by atoms with E-state index in [2.05, 4.69) is 15.6 Å². The van der Waals surface area contributed by atoms with Gasteiger partial charge in [-0.3, -0.25) is 10.1 Å². The zero-order valence-corrected chi connectivity index (χ0v) is 15.2. The molecule has 1 fully saturated rings. The number of nitrogens with one attached hydrogen (secondary N) is 2. The van der Waals surface area contributed by atoms with Gasteiger partial charge in [-0.05, 0) is 38.2 Å². The van der Waals surface area contributed by atoms with Gasteiger partial charge in [-0.2, -0.15) is 0 Å². The van der Waals surface area contributed by atoms with Crippen molar-refractivity contribution in [3.8, 4) is 0 Å². The molecular weight excluding hydrogens is 342 g/mol. The van der Waals surface area contributed by atoms with Crippen molar-refractivity contribution in [2.24, 2.45) is 0 Å². The lowest BCUT2D eigenvalue weighted by atomic mass is 9.96. The standard InChI is InChI=1S/C17H23N3O4S/c1-11(24-16(22)13-9-6-10-18-15(13)25-2)14(21)20-17(23)19-12-7-4-3-5-8-12/h6,9-12H,3-5,7-8H2,1-2H3,(H2,19,20,21,23). The average Bonchev–Trinajstić information content (AvgIpc) is 2.62. The number of rotatable bonds is 5. The van der Waals surface area contributed by atoms with Crippen molar-refractivity contribution in [1.82, 2.24) is 15.6 Å². The Bertz CT molecular complexity index is 632. The summed E-state index contributed by atoms with van der Waals surface area (Å²) in [6, 6.07) is 2.75. The van der Waals surface area contributed by atoms with Gasteiger partial charge in [0.1, 0.15) is 5.03 Å². The monoisotopic (exact) mass is 365 g/mol. The van der Waals surface area contributed by atoms with Crippen LogP contribution < -0.4 is 10.6 Å². The molecule has 2 N–H and O–H groups in total. The fraction of sp³-hybridized carbons (Fsp3) is 0.529. The topological polar surface area (TPSA) is 97.4 Å². The van der Waals surface area contributed by atoms with E-state index >= 15 is 0 Å². The molecule has 2 rings (SSSR count). The maximum atomic E-state index is 12.2. The predicted molar refractivity (Wildman–Crippen MR) is 94.4 cm³/mol. The summed E-state index contributed by atoms with van der Waals surface area (Å²) in [4.78, 5) is 40.2. The van der Waals surface area contributed by atoms with Gasteiger partial charge >= 0.3 is 12.0 Å². The molecule has 0 aliphatic heterocycles. The largest absolute Gasteiger partial charge is 0.449 e.